The van der Waals surface area contributed by atoms with E-state index in [0.717, 1.165) is 12.8 Å². The minimum Gasteiger partial charge on any atom is -0.248 e. The van der Waals surface area contributed by atoms with Gasteiger partial charge in [0.1, 0.15) is 6.67 Å². The van der Waals surface area contributed by atoms with Crippen LogP contribution in [0, 0.1) is 5.92 Å². The first kappa shape index (κ1) is 14.0. The van der Waals surface area contributed by atoms with E-state index in [1.54, 1.807) is 6.08 Å². The molecule has 3 atom stereocenters. The SMILES string of the molecule is C[C@@H](CC1C=CC(C(F)CF)=CC1)c1ccccc1. The predicted molar refractivity (Wildman–Crippen MR) is 75.7 cm³/mol. The summed E-state index contributed by atoms with van der Waals surface area (Å²) in [4.78, 5) is 0. The fourth-order valence-corrected chi connectivity index (χ4v) is 2.55. The van der Waals surface area contributed by atoms with E-state index >= 15 is 0 Å². The second kappa shape index (κ2) is 6.65. The summed E-state index contributed by atoms with van der Waals surface area (Å²) < 4.78 is 25.4. The molecular formula is C17H20F2. The highest BCUT2D eigenvalue weighted by atomic mass is 19.2. The Hall–Kier alpha value is -1.44. The highest BCUT2D eigenvalue weighted by molar-refractivity contribution is 5.28. The Kier molecular flexibility index (Phi) is 4.89. The van der Waals surface area contributed by atoms with Gasteiger partial charge in [-0.3, -0.25) is 0 Å². The number of hydrogen-bond acceptors (Lipinski definition) is 0. The molecule has 0 aromatic heterocycles. The maximum atomic E-state index is 13.2. The summed E-state index contributed by atoms with van der Waals surface area (Å²) in [7, 11) is 0. The van der Waals surface area contributed by atoms with E-state index in [1.165, 1.54) is 5.56 Å². The van der Waals surface area contributed by atoms with Crippen LogP contribution in [-0.2, 0) is 0 Å². The zero-order valence-electron chi connectivity index (χ0n) is 11.2. The van der Waals surface area contributed by atoms with Crippen molar-refractivity contribution in [2.24, 2.45) is 5.92 Å². The maximum Gasteiger partial charge on any atom is 0.153 e. The molecule has 0 heterocycles. The summed E-state index contributed by atoms with van der Waals surface area (Å²) in [6.07, 6.45) is 6.00. The summed E-state index contributed by atoms with van der Waals surface area (Å²) in [5.41, 5.74) is 1.82. The van der Waals surface area contributed by atoms with E-state index in [4.69, 9.17) is 0 Å². The van der Waals surface area contributed by atoms with Gasteiger partial charge in [0.15, 0.2) is 6.17 Å². The minimum absolute atomic E-state index is 0.422. The molecule has 0 amide bonds. The van der Waals surface area contributed by atoms with Gasteiger partial charge in [0.05, 0.1) is 0 Å². The Labute approximate surface area is 113 Å². The van der Waals surface area contributed by atoms with Gasteiger partial charge in [-0.2, -0.15) is 0 Å². The van der Waals surface area contributed by atoms with Crippen LogP contribution in [0.2, 0.25) is 0 Å². The normalized spacial score (nSPS) is 21.8. The lowest BCUT2D eigenvalue weighted by atomic mass is 9.85. The summed E-state index contributed by atoms with van der Waals surface area (Å²) in [5, 5.41) is 0. The molecule has 0 aliphatic heterocycles. The second-order valence-corrected chi connectivity index (χ2v) is 5.23. The monoisotopic (exact) mass is 262 g/mol. The maximum absolute atomic E-state index is 13.2. The van der Waals surface area contributed by atoms with E-state index < -0.39 is 12.8 Å². The van der Waals surface area contributed by atoms with Crippen molar-refractivity contribution in [3.63, 3.8) is 0 Å². The second-order valence-electron chi connectivity index (χ2n) is 5.23. The molecule has 0 nitrogen and oxygen atoms in total. The largest absolute Gasteiger partial charge is 0.248 e. The van der Waals surface area contributed by atoms with Crippen molar-refractivity contribution in [3.8, 4) is 0 Å². The number of halogens is 2. The van der Waals surface area contributed by atoms with Gasteiger partial charge in [-0.25, -0.2) is 8.78 Å². The number of allylic oxidation sites excluding steroid dienone is 4. The third kappa shape index (κ3) is 3.76. The predicted octanol–water partition coefficient (Wildman–Crippen LogP) is 4.99. The van der Waals surface area contributed by atoms with Crippen molar-refractivity contribution in [1.82, 2.24) is 0 Å². The van der Waals surface area contributed by atoms with Gasteiger partial charge >= 0.3 is 0 Å². The quantitative estimate of drug-likeness (QED) is 0.701. The van der Waals surface area contributed by atoms with Gasteiger partial charge in [0, 0.05) is 0 Å². The molecule has 19 heavy (non-hydrogen) atoms. The third-order valence-corrected chi connectivity index (χ3v) is 3.74. The van der Waals surface area contributed by atoms with Crippen LogP contribution in [0.3, 0.4) is 0 Å². The van der Waals surface area contributed by atoms with Crippen LogP contribution >= 0.6 is 0 Å². The molecule has 0 N–H and O–H groups in total. The lowest BCUT2D eigenvalue weighted by molar-refractivity contribution is 0.299. The van der Waals surface area contributed by atoms with Gasteiger partial charge in [0.2, 0.25) is 0 Å². The summed E-state index contributed by atoms with van der Waals surface area (Å²) in [6.45, 7) is 1.28. The van der Waals surface area contributed by atoms with Crippen LogP contribution in [0.4, 0.5) is 8.78 Å². The lowest BCUT2D eigenvalue weighted by Gasteiger charge is -2.21. The topological polar surface area (TPSA) is 0 Å². The van der Waals surface area contributed by atoms with Gasteiger partial charge in [-0.1, -0.05) is 55.5 Å². The Bertz CT molecular complexity index is 448. The molecule has 2 rings (SSSR count). The molecule has 2 heteroatoms. The number of alkyl halides is 2. The molecule has 1 aliphatic rings. The van der Waals surface area contributed by atoms with E-state index in [2.05, 4.69) is 31.2 Å². The average Bonchev–Trinajstić information content (AvgIpc) is 2.48. The Morgan fingerprint density at radius 3 is 2.58 bits per heavy atom. The summed E-state index contributed by atoms with van der Waals surface area (Å²) in [6, 6.07) is 10.4. The zero-order valence-corrected chi connectivity index (χ0v) is 11.2. The lowest BCUT2D eigenvalue weighted by Crippen LogP contribution is -2.11. The molecular weight excluding hydrogens is 242 g/mol. The van der Waals surface area contributed by atoms with Crippen LogP contribution in [0.15, 0.2) is 54.1 Å². The van der Waals surface area contributed by atoms with E-state index in [9.17, 15) is 8.78 Å². The molecule has 0 fully saturated rings. The molecule has 1 aliphatic carbocycles. The van der Waals surface area contributed by atoms with Crippen LogP contribution < -0.4 is 0 Å². The smallest absolute Gasteiger partial charge is 0.153 e. The molecule has 2 unspecified atom stereocenters. The average molecular weight is 262 g/mol. The van der Waals surface area contributed by atoms with Crippen molar-refractivity contribution in [1.29, 1.82) is 0 Å². The fraction of sp³-hybridized carbons (Fsp3) is 0.412. The van der Waals surface area contributed by atoms with Gasteiger partial charge in [-0.15, -0.1) is 0 Å². The fourth-order valence-electron chi connectivity index (χ4n) is 2.55. The molecule has 0 radical (unpaired) electrons. The van der Waals surface area contributed by atoms with Crippen molar-refractivity contribution in [3.05, 3.63) is 59.7 Å². The first-order valence-electron chi connectivity index (χ1n) is 6.84. The van der Waals surface area contributed by atoms with E-state index in [1.807, 2.05) is 18.2 Å². The zero-order chi connectivity index (χ0) is 13.7. The van der Waals surface area contributed by atoms with Gasteiger partial charge < -0.3 is 0 Å². The third-order valence-electron chi connectivity index (χ3n) is 3.74. The number of benzene rings is 1. The number of rotatable bonds is 5. The molecule has 0 saturated heterocycles. The first-order chi connectivity index (χ1) is 9.20. The number of hydrogen-bond donors (Lipinski definition) is 0. The Balaban J connectivity index is 1.90. The molecule has 1 aromatic carbocycles. The summed E-state index contributed by atoms with van der Waals surface area (Å²) >= 11 is 0. The molecule has 102 valence electrons. The van der Waals surface area contributed by atoms with E-state index in [0.29, 0.717) is 17.4 Å². The highest BCUT2D eigenvalue weighted by Crippen LogP contribution is 2.29. The Morgan fingerprint density at radius 2 is 2.00 bits per heavy atom. The van der Waals surface area contributed by atoms with Crippen LogP contribution in [-0.4, -0.2) is 12.8 Å². The Morgan fingerprint density at radius 1 is 1.26 bits per heavy atom. The van der Waals surface area contributed by atoms with Crippen LogP contribution in [0.5, 0.6) is 0 Å². The van der Waals surface area contributed by atoms with Gasteiger partial charge in [-0.05, 0) is 35.8 Å². The van der Waals surface area contributed by atoms with Crippen molar-refractivity contribution >= 4 is 0 Å². The van der Waals surface area contributed by atoms with Crippen molar-refractivity contribution in [2.75, 3.05) is 6.67 Å². The minimum atomic E-state index is -1.45. The van der Waals surface area contributed by atoms with Crippen LogP contribution in [0.1, 0.15) is 31.2 Å². The van der Waals surface area contributed by atoms with Crippen molar-refractivity contribution < 1.29 is 8.78 Å². The highest BCUT2D eigenvalue weighted by Gasteiger charge is 2.17. The molecule has 1 aromatic rings. The van der Waals surface area contributed by atoms with Crippen molar-refractivity contribution in [2.45, 2.75) is 31.9 Å². The molecule has 0 saturated carbocycles. The first-order valence-corrected chi connectivity index (χ1v) is 6.84. The van der Waals surface area contributed by atoms with Crippen LogP contribution in [0.25, 0.3) is 0 Å². The standard InChI is InChI=1S/C17H20F2/c1-13(15-5-3-2-4-6-15)11-14-7-9-16(10-8-14)17(19)12-18/h2-7,9-10,13-14,17H,8,11-12H2,1H3/t13-,14?,17?/m0/s1. The molecule has 0 bridgehead atoms. The summed E-state index contributed by atoms with van der Waals surface area (Å²) in [5.74, 6) is 0.902. The molecule has 0 spiro atoms. The van der Waals surface area contributed by atoms with Gasteiger partial charge in [0.25, 0.3) is 0 Å². The van der Waals surface area contributed by atoms with E-state index in [-0.39, 0.29) is 0 Å².